The highest BCUT2D eigenvalue weighted by Crippen LogP contribution is 2.29. The molecule has 0 radical (unpaired) electrons. The van der Waals surface area contributed by atoms with Crippen molar-refractivity contribution in [3.63, 3.8) is 0 Å². The van der Waals surface area contributed by atoms with E-state index in [9.17, 15) is 4.79 Å². The number of piperazine rings is 1. The Morgan fingerprint density at radius 2 is 1.58 bits per heavy atom. The Bertz CT molecular complexity index is 1000. The number of rotatable bonds is 5. The monoisotopic (exact) mass is 413 g/mol. The van der Waals surface area contributed by atoms with Gasteiger partial charge < -0.3 is 15.0 Å². The lowest BCUT2D eigenvalue weighted by Gasteiger charge is -2.36. The fourth-order valence-electron chi connectivity index (χ4n) is 4.31. The van der Waals surface area contributed by atoms with Crippen LogP contribution in [0.4, 0.5) is 11.4 Å². The molecule has 1 amide bonds. The van der Waals surface area contributed by atoms with Gasteiger partial charge in [0.1, 0.15) is 5.75 Å². The number of amides is 1. The maximum Gasteiger partial charge on any atom is 0.265 e. The predicted molar refractivity (Wildman–Crippen MR) is 124 cm³/mol. The predicted octanol–water partition coefficient (Wildman–Crippen LogP) is 3.95. The fourth-order valence-corrected chi connectivity index (χ4v) is 4.31. The van der Waals surface area contributed by atoms with E-state index < -0.39 is 6.10 Å². The number of carbonyl (C=O) groups is 1. The lowest BCUT2D eigenvalue weighted by atomic mass is 10.1. The summed E-state index contributed by atoms with van der Waals surface area (Å²) in [6.45, 7) is 5.12. The Labute approximate surface area is 183 Å². The van der Waals surface area contributed by atoms with Crippen molar-refractivity contribution in [3.8, 4) is 5.75 Å². The second-order valence-corrected chi connectivity index (χ2v) is 8.20. The van der Waals surface area contributed by atoms with Gasteiger partial charge in [-0.05, 0) is 41.5 Å². The second kappa shape index (κ2) is 8.82. The number of ether oxygens (including phenoxy) is 1. The molecule has 31 heavy (non-hydrogen) atoms. The molecule has 2 heterocycles. The van der Waals surface area contributed by atoms with E-state index in [1.807, 2.05) is 36.4 Å². The molecular formula is C26H27N3O2. The van der Waals surface area contributed by atoms with Gasteiger partial charge in [-0.3, -0.25) is 9.69 Å². The minimum atomic E-state index is -0.463. The van der Waals surface area contributed by atoms with Crippen molar-refractivity contribution in [1.29, 1.82) is 0 Å². The average Bonchev–Trinajstić information content (AvgIpc) is 3.26. The largest absolute Gasteiger partial charge is 0.480 e. The van der Waals surface area contributed by atoms with Gasteiger partial charge in [0.15, 0.2) is 6.10 Å². The number of fused-ring (bicyclic) bond motifs is 1. The van der Waals surface area contributed by atoms with Gasteiger partial charge in [0.05, 0.1) is 0 Å². The number of para-hydroxylation sites is 1. The SMILES string of the molecule is O=C(Nc1ccc(N2CCN(Cc3ccccc3)CC2)cc1)C1Cc2ccccc2O1. The van der Waals surface area contributed by atoms with Gasteiger partial charge in [-0.1, -0.05) is 48.5 Å². The Balaban J connectivity index is 1.13. The number of hydrogen-bond donors (Lipinski definition) is 1. The molecule has 158 valence electrons. The summed E-state index contributed by atoms with van der Waals surface area (Å²) in [6.07, 6.45) is 0.155. The molecule has 1 N–H and O–H groups in total. The molecule has 3 aromatic carbocycles. The van der Waals surface area contributed by atoms with Crippen molar-refractivity contribution in [2.24, 2.45) is 0 Å². The van der Waals surface area contributed by atoms with Crippen LogP contribution in [0, 0.1) is 0 Å². The minimum absolute atomic E-state index is 0.0986. The van der Waals surface area contributed by atoms with Gasteiger partial charge in [-0.25, -0.2) is 0 Å². The molecular weight excluding hydrogens is 386 g/mol. The fraction of sp³-hybridized carbons (Fsp3) is 0.269. The van der Waals surface area contributed by atoms with Gasteiger partial charge >= 0.3 is 0 Å². The van der Waals surface area contributed by atoms with Crippen LogP contribution in [0.15, 0.2) is 78.9 Å². The first kappa shape index (κ1) is 19.6. The van der Waals surface area contributed by atoms with Gasteiger partial charge in [0.25, 0.3) is 5.91 Å². The van der Waals surface area contributed by atoms with Gasteiger partial charge in [-0.2, -0.15) is 0 Å². The van der Waals surface area contributed by atoms with Crippen LogP contribution in [0.25, 0.3) is 0 Å². The van der Waals surface area contributed by atoms with E-state index in [1.54, 1.807) is 0 Å². The molecule has 0 saturated carbocycles. The first-order valence-electron chi connectivity index (χ1n) is 10.9. The quantitative estimate of drug-likeness (QED) is 0.688. The summed E-state index contributed by atoms with van der Waals surface area (Å²) in [7, 11) is 0. The van der Waals surface area contributed by atoms with Crippen LogP contribution in [0.5, 0.6) is 5.75 Å². The second-order valence-electron chi connectivity index (χ2n) is 8.20. The van der Waals surface area contributed by atoms with E-state index in [1.165, 1.54) is 11.3 Å². The highest BCUT2D eigenvalue weighted by molar-refractivity contribution is 5.95. The molecule has 0 aromatic heterocycles. The van der Waals surface area contributed by atoms with Crippen molar-refractivity contribution < 1.29 is 9.53 Å². The summed E-state index contributed by atoms with van der Waals surface area (Å²) in [5.74, 6) is 0.711. The van der Waals surface area contributed by atoms with Crippen molar-refractivity contribution in [1.82, 2.24) is 4.90 Å². The summed E-state index contributed by atoms with van der Waals surface area (Å²) in [6, 6.07) is 26.6. The third-order valence-electron chi connectivity index (χ3n) is 6.06. The summed E-state index contributed by atoms with van der Waals surface area (Å²) in [4.78, 5) is 17.5. The Hall–Kier alpha value is -3.31. The highest BCUT2D eigenvalue weighted by Gasteiger charge is 2.28. The molecule has 2 aliphatic heterocycles. The van der Waals surface area contributed by atoms with Crippen molar-refractivity contribution in [2.45, 2.75) is 19.1 Å². The zero-order valence-corrected chi connectivity index (χ0v) is 17.5. The molecule has 1 atom stereocenters. The molecule has 1 fully saturated rings. The van der Waals surface area contributed by atoms with Crippen molar-refractivity contribution >= 4 is 17.3 Å². The van der Waals surface area contributed by atoms with Crippen LogP contribution >= 0.6 is 0 Å². The van der Waals surface area contributed by atoms with Crippen LogP contribution in [-0.4, -0.2) is 43.1 Å². The topological polar surface area (TPSA) is 44.8 Å². The summed E-state index contributed by atoms with van der Waals surface area (Å²) in [5, 5.41) is 2.99. The van der Waals surface area contributed by atoms with Crippen LogP contribution in [-0.2, 0) is 17.8 Å². The van der Waals surface area contributed by atoms with Crippen LogP contribution < -0.4 is 15.0 Å². The minimum Gasteiger partial charge on any atom is -0.480 e. The molecule has 5 heteroatoms. The third kappa shape index (κ3) is 4.57. The molecule has 2 aliphatic rings. The molecule has 5 nitrogen and oxygen atoms in total. The van der Waals surface area contributed by atoms with Gasteiger partial charge in [0, 0.05) is 50.5 Å². The number of nitrogens with one attached hydrogen (secondary N) is 1. The van der Waals surface area contributed by atoms with Crippen LogP contribution in [0.3, 0.4) is 0 Å². The number of nitrogens with zero attached hydrogens (tertiary/aromatic N) is 2. The first-order chi connectivity index (χ1) is 15.2. The first-order valence-corrected chi connectivity index (χ1v) is 10.9. The van der Waals surface area contributed by atoms with E-state index in [0.717, 1.165) is 49.7 Å². The molecule has 5 rings (SSSR count). The standard InChI is InChI=1S/C26H27N3O2/c30-26(25-18-21-8-4-5-9-24(21)31-25)27-22-10-12-23(13-11-22)29-16-14-28(15-17-29)19-20-6-2-1-3-7-20/h1-13,25H,14-19H2,(H,27,30). The zero-order chi connectivity index (χ0) is 21.0. The molecule has 0 bridgehead atoms. The molecule has 0 spiro atoms. The number of carbonyl (C=O) groups excluding carboxylic acids is 1. The van der Waals surface area contributed by atoms with Crippen molar-refractivity contribution in [3.05, 3.63) is 90.0 Å². The summed E-state index contributed by atoms with van der Waals surface area (Å²) < 4.78 is 5.79. The Morgan fingerprint density at radius 3 is 2.32 bits per heavy atom. The lowest BCUT2D eigenvalue weighted by molar-refractivity contribution is -0.122. The van der Waals surface area contributed by atoms with Crippen LogP contribution in [0.1, 0.15) is 11.1 Å². The van der Waals surface area contributed by atoms with E-state index in [2.05, 4.69) is 57.6 Å². The number of benzene rings is 3. The zero-order valence-electron chi connectivity index (χ0n) is 17.5. The molecule has 1 unspecified atom stereocenters. The number of anilines is 2. The lowest BCUT2D eigenvalue weighted by Crippen LogP contribution is -2.45. The summed E-state index contributed by atoms with van der Waals surface area (Å²) in [5.41, 5.74) is 4.45. The van der Waals surface area contributed by atoms with E-state index in [-0.39, 0.29) is 5.91 Å². The van der Waals surface area contributed by atoms with E-state index in [4.69, 9.17) is 4.74 Å². The Kier molecular flexibility index (Phi) is 5.59. The van der Waals surface area contributed by atoms with Gasteiger partial charge in [0.2, 0.25) is 0 Å². The maximum absolute atomic E-state index is 12.6. The van der Waals surface area contributed by atoms with Crippen molar-refractivity contribution in [2.75, 3.05) is 36.4 Å². The van der Waals surface area contributed by atoms with E-state index >= 15 is 0 Å². The Morgan fingerprint density at radius 1 is 0.871 bits per heavy atom. The molecule has 0 aliphatic carbocycles. The molecule has 1 saturated heterocycles. The number of hydrogen-bond acceptors (Lipinski definition) is 4. The third-order valence-corrected chi connectivity index (χ3v) is 6.06. The highest BCUT2D eigenvalue weighted by atomic mass is 16.5. The summed E-state index contributed by atoms with van der Waals surface area (Å²) >= 11 is 0. The van der Waals surface area contributed by atoms with Crippen LogP contribution in [0.2, 0.25) is 0 Å². The average molecular weight is 414 g/mol. The normalized spacial score (nSPS) is 18.3. The van der Waals surface area contributed by atoms with E-state index in [0.29, 0.717) is 6.42 Å². The van der Waals surface area contributed by atoms with Gasteiger partial charge in [-0.15, -0.1) is 0 Å². The maximum atomic E-state index is 12.6. The smallest absolute Gasteiger partial charge is 0.265 e. The molecule has 3 aromatic rings.